The number of carbonyl (C=O) groups is 1. The predicted molar refractivity (Wildman–Crippen MR) is 96.5 cm³/mol. The summed E-state index contributed by atoms with van der Waals surface area (Å²) in [7, 11) is 0. The van der Waals surface area contributed by atoms with Gasteiger partial charge in [0.25, 0.3) is 0 Å². The van der Waals surface area contributed by atoms with E-state index in [0.717, 1.165) is 50.9 Å². The lowest BCUT2D eigenvalue weighted by Crippen LogP contribution is -2.37. The minimum Gasteiger partial charge on any atom is -0.392 e. The molecule has 0 radical (unpaired) electrons. The van der Waals surface area contributed by atoms with Crippen LogP contribution < -0.4 is 11.1 Å². The van der Waals surface area contributed by atoms with Gasteiger partial charge in [-0.15, -0.1) is 0 Å². The van der Waals surface area contributed by atoms with Gasteiger partial charge in [-0.1, -0.05) is 24.3 Å². The van der Waals surface area contributed by atoms with Crippen LogP contribution in [0.15, 0.2) is 24.3 Å². The first-order valence-corrected chi connectivity index (χ1v) is 9.60. The Hall–Kier alpha value is -1.43. The third-order valence-corrected chi connectivity index (χ3v) is 6.39. The summed E-state index contributed by atoms with van der Waals surface area (Å²) in [5.74, 6) is 1.43. The second-order valence-corrected chi connectivity index (χ2v) is 8.21. The van der Waals surface area contributed by atoms with Crippen molar-refractivity contribution in [2.45, 2.75) is 50.9 Å². The topological polar surface area (TPSA) is 78.6 Å². The lowest BCUT2D eigenvalue weighted by Gasteiger charge is -2.24. The average Bonchev–Trinajstić information content (AvgIpc) is 3.29. The minimum atomic E-state index is -0.171. The zero-order valence-electron chi connectivity index (χ0n) is 14.7. The summed E-state index contributed by atoms with van der Waals surface area (Å²) in [6.45, 7) is 3.22. The highest BCUT2D eigenvalue weighted by Crippen LogP contribution is 2.47. The highest BCUT2D eigenvalue weighted by Gasteiger charge is 2.47. The largest absolute Gasteiger partial charge is 0.392 e. The molecule has 5 unspecified atom stereocenters. The Balaban J connectivity index is 1.25. The number of hydrogen-bond acceptors (Lipinski definition) is 4. The number of nitrogens with zero attached hydrogens (tertiary/aromatic N) is 1. The molecular formula is C20H29N3O2. The van der Waals surface area contributed by atoms with E-state index in [4.69, 9.17) is 5.73 Å². The summed E-state index contributed by atoms with van der Waals surface area (Å²) in [5.41, 5.74) is 8.47. The van der Waals surface area contributed by atoms with Crippen molar-refractivity contribution in [3.8, 4) is 0 Å². The molecule has 5 atom stereocenters. The van der Waals surface area contributed by atoms with Gasteiger partial charge in [0.1, 0.15) is 0 Å². The number of β-amino-alcohol motifs (C(OH)–C–C–N with tert-alkyl or cyclic N) is 1. The second-order valence-electron chi connectivity index (χ2n) is 8.21. The quantitative estimate of drug-likeness (QED) is 0.752. The molecule has 1 heterocycles. The first kappa shape index (κ1) is 17.0. The molecule has 2 saturated carbocycles. The molecule has 4 rings (SSSR count). The number of carbonyl (C=O) groups excluding carboxylic acids is 1. The molecule has 5 nitrogen and oxygen atoms in total. The van der Waals surface area contributed by atoms with Crippen molar-refractivity contribution in [1.29, 1.82) is 0 Å². The number of nitrogens with two attached hydrogens (primary N) is 1. The Morgan fingerprint density at radius 2 is 1.92 bits per heavy atom. The number of aliphatic hydroxyl groups is 1. The second kappa shape index (κ2) is 7.06. The molecule has 2 aliphatic carbocycles. The fourth-order valence-corrected chi connectivity index (χ4v) is 4.94. The van der Waals surface area contributed by atoms with Gasteiger partial charge in [0.15, 0.2) is 0 Å². The standard InChI is InChI=1S/C20H29N3O2/c21-19-9-15-7-16(19)8-18(15)20(25)22-10-13-1-3-14(4-2-13)11-23-6-5-17(24)12-23/h1-4,15-19,24H,5-12,21H2,(H,22,25). The number of benzene rings is 1. The molecular weight excluding hydrogens is 314 g/mol. The Morgan fingerprint density at radius 1 is 1.16 bits per heavy atom. The van der Waals surface area contributed by atoms with Crippen molar-refractivity contribution in [1.82, 2.24) is 10.2 Å². The van der Waals surface area contributed by atoms with E-state index in [-0.39, 0.29) is 17.9 Å². The number of aliphatic hydroxyl groups excluding tert-OH is 1. The van der Waals surface area contributed by atoms with Gasteiger partial charge < -0.3 is 16.2 Å². The molecule has 1 aromatic rings. The predicted octanol–water partition coefficient (Wildman–Crippen LogP) is 1.24. The van der Waals surface area contributed by atoms with Gasteiger partial charge in [-0.05, 0) is 48.6 Å². The monoisotopic (exact) mass is 343 g/mol. The maximum absolute atomic E-state index is 12.5. The molecule has 1 aromatic carbocycles. The van der Waals surface area contributed by atoms with Crippen LogP contribution in [-0.4, -0.2) is 41.1 Å². The van der Waals surface area contributed by atoms with E-state index in [9.17, 15) is 9.90 Å². The van der Waals surface area contributed by atoms with E-state index < -0.39 is 0 Å². The molecule has 1 saturated heterocycles. The van der Waals surface area contributed by atoms with Gasteiger partial charge in [-0.25, -0.2) is 0 Å². The summed E-state index contributed by atoms with van der Waals surface area (Å²) in [6, 6.07) is 8.77. The van der Waals surface area contributed by atoms with Crippen LogP contribution in [0.4, 0.5) is 0 Å². The zero-order chi connectivity index (χ0) is 17.4. The van der Waals surface area contributed by atoms with Crippen molar-refractivity contribution in [2.24, 2.45) is 23.5 Å². The Kier molecular flexibility index (Phi) is 4.80. The van der Waals surface area contributed by atoms with Crippen LogP contribution in [0.2, 0.25) is 0 Å². The summed E-state index contributed by atoms with van der Waals surface area (Å²) in [5, 5.41) is 12.7. The third-order valence-electron chi connectivity index (χ3n) is 6.39. The molecule has 2 bridgehead atoms. The van der Waals surface area contributed by atoms with Crippen molar-refractivity contribution in [3.05, 3.63) is 35.4 Å². The molecule has 0 aromatic heterocycles. The summed E-state index contributed by atoms with van der Waals surface area (Å²) in [6.07, 6.45) is 3.83. The Labute approximate surface area is 149 Å². The number of hydrogen-bond donors (Lipinski definition) is 3. The highest BCUT2D eigenvalue weighted by molar-refractivity contribution is 5.79. The van der Waals surface area contributed by atoms with Crippen LogP contribution in [0.25, 0.3) is 0 Å². The summed E-state index contributed by atoms with van der Waals surface area (Å²) in [4.78, 5) is 14.7. The normalized spacial score (nSPS) is 34.6. The third kappa shape index (κ3) is 3.73. The first-order chi connectivity index (χ1) is 12.1. The molecule has 25 heavy (non-hydrogen) atoms. The minimum absolute atomic E-state index is 0.171. The molecule has 136 valence electrons. The van der Waals surface area contributed by atoms with E-state index in [0.29, 0.717) is 24.4 Å². The summed E-state index contributed by atoms with van der Waals surface area (Å²) < 4.78 is 0. The van der Waals surface area contributed by atoms with Crippen LogP contribution in [0, 0.1) is 17.8 Å². The lowest BCUT2D eigenvalue weighted by atomic mass is 9.86. The van der Waals surface area contributed by atoms with Crippen molar-refractivity contribution < 1.29 is 9.90 Å². The molecule has 4 N–H and O–H groups in total. The van der Waals surface area contributed by atoms with Crippen LogP contribution >= 0.6 is 0 Å². The van der Waals surface area contributed by atoms with E-state index >= 15 is 0 Å². The molecule has 5 heteroatoms. The Bertz CT molecular complexity index is 616. The molecule has 0 spiro atoms. The maximum Gasteiger partial charge on any atom is 0.223 e. The first-order valence-electron chi connectivity index (χ1n) is 9.60. The van der Waals surface area contributed by atoms with Gasteiger partial charge in [0.05, 0.1) is 6.10 Å². The fraction of sp³-hybridized carbons (Fsp3) is 0.650. The number of rotatable bonds is 5. The average molecular weight is 343 g/mol. The van der Waals surface area contributed by atoms with Gasteiger partial charge in [0, 0.05) is 38.1 Å². The molecule has 1 aliphatic heterocycles. The Morgan fingerprint density at radius 3 is 2.52 bits per heavy atom. The number of fused-ring (bicyclic) bond motifs is 2. The van der Waals surface area contributed by atoms with Gasteiger partial charge in [-0.3, -0.25) is 9.69 Å². The van der Waals surface area contributed by atoms with Crippen LogP contribution in [0.1, 0.15) is 36.8 Å². The molecule has 3 aliphatic rings. The number of nitrogens with one attached hydrogen (secondary N) is 1. The smallest absolute Gasteiger partial charge is 0.223 e. The van der Waals surface area contributed by atoms with E-state index in [1.807, 2.05) is 0 Å². The maximum atomic E-state index is 12.5. The van der Waals surface area contributed by atoms with Crippen molar-refractivity contribution in [3.63, 3.8) is 0 Å². The van der Waals surface area contributed by atoms with E-state index in [1.54, 1.807) is 0 Å². The number of amides is 1. The molecule has 3 fully saturated rings. The molecule has 1 amide bonds. The SMILES string of the molecule is NC1CC2CC1CC2C(=O)NCc1ccc(CN2CCC(O)C2)cc1. The van der Waals surface area contributed by atoms with Gasteiger partial charge in [0.2, 0.25) is 5.91 Å². The van der Waals surface area contributed by atoms with E-state index in [2.05, 4.69) is 34.5 Å². The highest BCUT2D eigenvalue weighted by atomic mass is 16.3. The van der Waals surface area contributed by atoms with Crippen molar-refractivity contribution in [2.75, 3.05) is 13.1 Å². The van der Waals surface area contributed by atoms with Gasteiger partial charge in [-0.2, -0.15) is 0 Å². The van der Waals surface area contributed by atoms with Crippen LogP contribution in [-0.2, 0) is 17.9 Å². The van der Waals surface area contributed by atoms with Crippen LogP contribution in [0.5, 0.6) is 0 Å². The van der Waals surface area contributed by atoms with E-state index in [1.165, 1.54) is 5.56 Å². The number of likely N-dealkylation sites (tertiary alicyclic amines) is 1. The van der Waals surface area contributed by atoms with Gasteiger partial charge >= 0.3 is 0 Å². The fourth-order valence-electron chi connectivity index (χ4n) is 4.94. The zero-order valence-corrected chi connectivity index (χ0v) is 14.7. The lowest BCUT2D eigenvalue weighted by molar-refractivity contribution is -0.126. The summed E-state index contributed by atoms with van der Waals surface area (Å²) >= 11 is 0. The van der Waals surface area contributed by atoms with Crippen molar-refractivity contribution >= 4 is 5.91 Å². The van der Waals surface area contributed by atoms with Crippen LogP contribution in [0.3, 0.4) is 0 Å².